The molecule has 0 aliphatic carbocycles. The van der Waals surface area contributed by atoms with Crippen LogP contribution >= 0.6 is 0 Å². The molecule has 0 atom stereocenters. The van der Waals surface area contributed by atoms with E-state index in [-0.39, 0.29) is 0 Å². The SMILES string of the molecule is O=C(NO)C1c2ccccc2N(Cc2ccccc2)c2ccccc21. The molecule has 2 N–H and O–H groups in total. The summed E-state index contributed by atoms with van der Waals surface area (Å²) < 4.78 is 0. The third kappa shape index (κ3) is 2.66. The van der Waals surface area contributed by atoms with Crippen LogP contribution in [0.25, 0.3) is 0 Å². The van der Waals surface area contributed by atoms with E-state index in [1.54, 1.807) is 0 Å². The molecule has 4 rings (SSSR count). The van der Waals surface area contributed by atoms with Crippen LogP contribution in [0, 0.1) is 0 Å². The Morgan fingerprint density at radius 2 is 1.36 bits per heavy atom. The zero-order chi connectivity index (χ0) is 17.2. The van der Waals surface area contributed by atoms with Gasteiger partial charge < -0.3 is 4.90 Å². The number of carbonyl (C=O) groups excluding carboxylic acids is 1. The van der Waals surface area contributed by atoms with Gasteiger partial charge in [0.2, 0.25) is 0 Å². The Bertz CT molecular complexity index is 861. The Balaban J connectivity index is 1.88. The van der Waals surface area contributed by atoms with Crippen LogP contribution in [-0.4, -0.2) is 11.1 Å². The summed E-state index contributed by atoms with van der Waals surface area (Å²) in [6, 6.07) is 26.0. The molecule has 3 aromatic rings. The highest BCUT2D eigenvalue weighted by atomic mass is 16.5. The molecule has 0 bridgehead atoms. The third-order valence-electron chi connectivity index (χ3n) is 4.63. The molecular weight excluding hydrogens is 312 g/mol. The van der Waals surface area contributed by atoms with Gasteiger partial charge in [0.1, 0.15) is 0 Å². The summed E-state index contributed by atoms with van der Waals surface area (Å²) in [7, 11) is 0. The van der Waals surface area contributed by atoms with Crippen LogP contribution in [0.15, 0.2) is 78.9 Å². The van der Waals surface area contributed by atoms with Gasteiger partial charge in [-0.2, -0.15) is 0 Å². The van der Waals surface area contributed by atoms with Gasteiger partial charge in [-0.25, -0.2) is 5.48 Å². The van der Waals surface area contributed by atoms with E-state index < -0.39 is 11.8 Å². The average molecular weight is 330 g/mol. The predicted molar refractivity (Wildman–Crippen MR) is 96.9 cm³/mol. The van der Waals surface area contributed by atoms with Crippen LogP contribution < -0.4 is 10.4 Å². The number of carbonyl (C=O) groups is 1. The second-order valence-corrected chi connectivity index (χ2v) is 6.10. The number of anilines is 2. The molecule has 1 aliphatic heterocycles. The van der Waals surface area contributed by atoms with E-state index in [1.165, 1.54) is 5.56 Å². The molecule has 4 heteroatoms. The maximum atomic E-state index is 12.4. The van der Waals surface area contributed by atoms with Crippen LogP contribution in [0.1, 0.15) is 22.6 Å². The number of rotatable bonds is 3. The number of para-hydroxylation sites is 2. The predicted octanol–water partition coefficient (Wildman–Crippen LogP) is 3.98. The first-order chi connectivity index (χ1) is 12.3. The molecule has 0 aromatic heterocycles. The van der Waals surface area contributed by atoms with E-state index in [4.69, 9.17) is 0 Å². The molecule has 0 radical (unpaired) electrons. The molecule has 0 spiro atoms. The van der Waals surface area contributed by atoms with Gasteiger partial charge in [0.05, 0.1) is 5.92 Å². The van der Waals surface area contributed by atoms with Gasteiger partial charge >= 0.3 is 0 Å². The fraction of sp³-hybridized carbons (Fsp3) is 0.0952. The number of hydrogen-bond acceptors (Lipinski definition) is 3. The molecule has 0 unspecified atom stereocenters. The average Bonchev–Trinajstić information content (AvgIpc) is 2.68. The van der Waals surface area contributed by atoms with Gasteiger partial charge in [0.15, 0.2) is 0 Å². The maximum Gasteiger partial charge on any atom is 0.255 e. The fourth-order valence-electron chi connectivity index (χ4n) is 3.54. The van der Waals surface area contributed by atoms with Gasteiger partial charge in [-0.05, 0) is 28.8 Å². The lowest BCUT2D eigenvalue weighted by Crippen LogP contribution is -2.33. The number of nitrogens with one attached hydrogen (secondary N) is 1. The second kappa shape index (κ2) is 6.42. The highest BCUT2D eigenvalue weighted by Crippen LogP contribution is 2.45. The lowest BCUT2D eigenvalue weighted by Gasteiger charge is -2.37. The van der Waals surface area contributed by atoms with E-state index in [1.807, 2.05) is 72.2 Å². The van der Waals surface area contributed by atoms with E-state index in [2.05, 4.69) is 17.0 Å². The summed E-state index contributed by atoms with van der Waals surface area (Å²) >= 11 is 0. The van der Waals surface area contributed by atoms with Gasteiger partial charge in [0, 0.05) is 17.9 Å². The smallest absolute Gasteiger partial charge is 0.255 e. The summed E-state index contributed by atoms with van der Waals surface area (Å²) in [4.78, 5) is 14.6. The summed E-state index contributed by atoms with van der Waals surface area (Å²) in [5.41, 5.74) is 6.77. The molecule has 1 aliphatic rings. The van der Waals surface area contributed by atoms with Crippen molar-refractivity contribution < 1.29 is 10.0 Å². The number of nitrogens with zero attached hydrogens (tertiary/aromatic N) is 1. The normalized spacial score (nSPS) is 13.1. The molecule has 0 saturated heterocycles. The highest BCUT2D eigenvalue weighted by Gasteiger charge is 2.34. The quantitative estimate of drug-likeness (QED) is 0.564. The van der Waals surface area contributed by atoms with Crippen molar-refractivity contribution in [1.82, 2.24) is 5.48 Å². The number of hydrogen-bond donors (Lipinski definition) is 2. The molecule has 1 heterocycles. The van der Waals surface area contributed by atoms with Crippen LogP contribution in [0.3, 0.4) is 0 Å². The minimum absolute atomic E-state index is 0.417. The van der Waals surface area contributed by atoms with Crippen molar-refractivity contribution in [2.24, 2.45) is 0 Å². The first-order valence-corrected chi connectivity index (χ1v) is 8.23. The van der Waals surface area contributed by atoms with Crippen LogP contribution in [0.2, 0.25) is 0 Å². The Labute approximate surface area is 146 Å². The summed E-state index contributed by atoms with van der Waals surface area (Å²) in [5.74, 6) is -0.941. The van der Waals surface area contributed by atoms with Gasteiger partial charge in [-0.3, -0.25) is 10.0 Å². The van der Waals surface area contributed by atoms with E-state index >= 15 is 0 Å². The molecule has 0 fully saturated rings. The second-order valence-electron chi connectivity index (χ2n) is 6.10. The van der Waals surface area contributed by atoms with Gasteiger partial charge in [0.25, 0.3) is 5.91 Å². The number of amides is 1. The van der Waals surface area contributed by atoms with Gasteiger partial charge in [-0.1, -0.05) is 66.7 Å². The van der Waals surface area contributed by atoms with E-state index in [0.29, 0.717) is 6.54 Å². The minimum Gasteiger partial charge on any atom is -0.336 e. The van der Waals surface area contributed by atoms with Crippen molar-refractivity contribution in [3.8, 4) is 0 Å². The summed E-state index contributed by atoms with van der Waals surface area (Å²) in [6.45, 7) is 0.711. The summed E-state index contributed by atoms with van der Waals surface area (Å²) in [5, 5.41) is 9.23. The Morgan fingerprint density at radius 3 is 1.92 bits per heavy atom. The van der Waals surface area contributed by atoms with Crippen molar-refractivity contribution in [3.05, 3.63) is 95.6 Å². The minimum atomic E-state index is -0.524. The maximum absolute atomic E-state index is 12.4. The molecule has 1 amide bonds. The number of hydroxylamine groups is 1. The van der Waals surface area contributed by atoms with Crippen molar-refractivity contribution in [1.29, 1.82) is 0 Å². The van der Waals surface area contributed by atoms with Crippen molar-refractivity contribution in [3.63, 3.8) is 0 Å². The van der Waals surface area contributed by atoms with E-state index in [0.717, 1.165) is 22.5 Å². The fourth-order valence-corrected chi connectivity index (χ4v) is 3.54. The number of fused-ring (bicyclic) bond motifs is 2. The number of benzene rings is 3. The van der Waals surface area contributed by atoms with Crippen LogP contribution in [-0.2, 0) is 11.3 Å². The zero-order valence-corrected chi connectivity index (χ0v) is 13.6. The topological polar surface area (TPSA) is 52.6 Å². The lowest BCUT2D eigenvalue weighted by atomic mass is 9.84. The molecular formula is C21H18N2O2. The largest absolute Gasteiger partial charge is 0.336 e. The lowest BCUT2D eigenvalue weighted by molar-refractivity contribution is -0.129. The standard InChI is InChI=1S/C21H18N2O2/c24-21(22-25)20-16-10-4-6-12-18(16)23(14-15-8-2-1-3-9-15)19-13-7-5-11-17(19)20/h1-13,20,25H,14H2,(H,22,24). The summed E-state index contributed by atoms with van der Waals surface area (Å²) in [6.07, 6.45) is 0. The molecule has 25 heavy (non-hydrogen) atoms. The Morgan fingerprint density at radius 1 is 0.840 bits per heavy atom. The van der Waals surface area contributed by atoms with Crippen molar-refractivity contribution in [2.75, 3.05) is 4.90 Å². The van der Waals surface area contributed by atoms with Gasteiger partial charge in [-0.15, -0.1) is 0 Å². The zero-order valence-electron chi connectivity index (χ0n) is 13.6. The Kier molecular flexibility index (Phi) is 3.96. The van der Waals surface area contributed by atoms with E-state index in [9.17, 15) is 10.0 Å². The first-order valence-electron chi connectivity index (χ1n) is 8.23. The molecule has 4 nitrogen and oxygen atoms in total. The third-order valence-corrected chi connectivity index (χ3v) is 4.63. The molecule has 124 valence electrons. The first kappa shape index (κ1) is 15.4. The monoisotopic (exact) mass is 330 g/mol. The van der Waals surface area contributed by atoms with Crippen LogP contribution in [0.5, 0.6) is 0 Å². The molecule has 3 aromatic carbocycles. The highest BCUT2D eigenvalue weighted by molar-refractivity contribution is 5.93. The van der Waals surface area contributed by atoms with Crippen molar-refractivity contribution in [2.45, 2.75) is 12.5 Å². The van der Waals surface area contributed by atoms with Crippen molar-refractivity contribution >= 4 is 17.3 Å². The van der Waals surface area contributed by atoms with Crippen LogP contribution in [0.4, 0.5) is 11.4 Å². The molecule has 0 saturated carbocycles. The Hall–Kier alpha value is -3.11.